The van der Waals surface area contributed by atoms with E-state index in [-0.39, 0.29) is 0 Å². The van der Waals surface area contributed by atoms with E-state index in [4.69, 9.17) is 9.47 Å². The molecule has 0 spiro atoms. The Kier molecular flexibility index (Phi) is 6.12. The van der Waals surface area contributed by atoms with Crippen LogP contribution in [-0.4, -0.2) is 63.3 Å². The van der Waals surface area contributed by atoms with E-state index < -0.39 is 10.0 Å². The van der Waals surface area contributed by atoms with E-state index >= 15 is 0 Å². The second-order valence-corrected chi connectivity index (χ2v) is 10.6. The Morgan fingerprint density at radius 2 is 1.71 bits per heavy atom. The third-order valence-corrected chi connectivity index (χ3v) is 8.57. The van der Waals surface area contributed by atoms with Crippen molar-refractivity contribution in [2.45, 2.75) is 11.1 Å². The topological polar surface area (TPSA) is 84.9 Å². The number of anilines is 1. The summed E-state index contributed by atoms with van der Waals surface area (Å²) in [4.78, 5) is 3.03. The van der Waals surface area contributed by atoms with Gasteiger partial charge in [0.05, 0.1) is 19.9 Å². The smallest absolute Gasteiger partial charge is 0.252 e. The Hall–Kier alpha value is -2.69. The molecule has 8 nitrogen and oxygen atoms in total. The number of methoxy groups -OCH3 is 2. The minimum Gasteiger partial charge on any atom is -0.497 e. The predicted octanol–water partition coefficient (Wildman–Crippen LogP) is 3.04. The second kappa shape index (κ2) is 8.81. The number of rotatable bonds is 6. The number of benzene rings is 1. The van der Waals surface area contributed by atoms with Gasteiger partial charge in [-0.3, -0.25) is 0 Å². The summed E-state index contributed by atoms with van der Waals surface area (Å²) in [5.41, 5.74) is 1.47. The minimum atomic E-state index is -3.44. The lowest BCUT2D eigenvalue weighted by Crippen LogP contribution is -2.48. The number of sulfonamides is 1. The highest BCUT2D eigenvalue weighted by molar-refractivity contribution is 7.91. The van der Waals surface area contributed by atoms with E-state index in [1.807, 2.05) is 48.2 Å². The van der Waals surface area contributed by atoms with Crippen LogP contribution in [0.15, 0.2) is 46.7 Å². The number of aryl methyl sites for hydroxylation is 1. The molecule has 0 bridgehead atoms. The van der Waals surface area contributed by atoms with Crippen molar-refractivity contribution in [3.8, 4) is 22.8 Å². The molecule has 1 aliphatic heterocycles. The molecule has 0 amide bonds. The molecule has 2 aromatic heterocycles. The first-order valence-electron chi connectivity index (χ1n) is 9.80. The van der Waals surface area contributed by atoms with Gasteiger partial charge in [-0.1, -0.05) is 0 Å². The van der Waals surface area contributed by atoms with Crippen molar-refractivity contribution >= 4 is 27.2 Å². The summed E-state index contributed by atoms with van der Waals surface area (Å²) in [5, 5.41) is 8.74. The van der Waals surface area contributed by atoms with Gasteiger partial charge < -0.3 is 14.4 Å². The maximum absolute atomic E-state index is 12.8. The van der Waals surface area contributed by atoms with Gasteiger partial charge in [-0.2, -0.15) is 4.31 Å². The highest BCUT2D eigenvalue weighted by Crippen LogP contribution is 2.32. The van der Waals surface area contributed by atoms with E-state index in [9.17, 15) is 8.42 Å². The highest BCUT2D eigenvalue weighted by Gasteiger charge is 2.30. The summed E-state index contributed by atoms with van der Waals surface area (Å²) in [6.07, 6.45) is 0. The van der Waals surface area contributed by atoms with Gasteiger partial charge in [-0.15, -0.1) is 21.5 Å². The molecule has 31 heavy (non-hydrogen) atoms. The van der Waals surface area contributed by atoms with Crippen LogP contribution < -0.4 is 14.4 Å². The van der Waals surface area contributed by atoms with Crippen molar-refractivity contribution in [3.05, 3.63) is 47.3 Å². The van der Waals surface area contributed by atoms with Crippen LogP contribution >= 0.6 is 11.3 Å². The Balaban J connectivity index is 1.47. The summed E-state index contributed by atoms with van der Waals surface area (Å²) in [6.45, 7) is 3.84. The van der Waals surface area contributed by atoms with Crippen molar-refractivity contribution in [2.75, 3.05) is 45.3 Å². The molecule has 0 N–H and O–H groups in total. The van der Waals surface area contributed by atoms with Gasteiger partial charge in [0, 0.05) is 36.6 Å². The van der Waals surface area contributed by atoms with Crippen molar-refractivity contribution in [2.24, 2.45) is 0 Å². The molecule has 0 atom stereocenters. The van der Waals surface area contributed by atoms with Gasteiger partial charge in [-0.25, -0.2) is 8.42 Å². The number of hydrogen-bond donors (Lipinski definition) is 0. The van der Waals surface area contributed by atoms with Gasteiger partial charge >= 0.3 is 0 Å². The Morgan fingerprint density at radius 3 is 2.29 bits per heavy atom. The molecular weight excluding hydrogens is 436 g/mol. The van der Waals surface area contributed by atoms with E-state index in [0.717, 1.165) is 16.3 Å². The van der Waals surface area contributed by atoms with Crippen LogP contribution in [0.2, 0.25) is 0 Å². The molecule has 1 saturated heterocycles. The minimum absolute atomic E-state index is 0.398. The van der Waals surface area contributed by atoms with Crippen molar-refractivity contribution in [1.82, 2.24) is 14.5 Å². The van der Waals surface area contributed by atoms with Crippen LogP contribution in [0.3, 0.4) is 0 Å². The molecule has 0 unspecified atom stereocenters. The van der Waals surface area contributed by atoms with E-state index in [1.54, 1.807) is 20.3 Å². The summed E-state index contributed by atoms with van der Waals surface area (Å²) in [5.74, 6) is 2.11. The monoisotopic (exact) mass is 460 g/mol. The Bertz CT molecular complexity index is 1150. The van der Waals surface area contributed by atoms with Crippen LogP contribution in [-0.2, 0) is 10.0 Å². The van der Waals surface area contributed by atoms with Crippen LogP contribution in [0, 0.1) is 6.92 Å². The fourth-order valence-electron chi connectivity index (χ4n) is 3.49. The summed E-state index contributed by atoms with van der Waals surface area (Å²) in [6, 6.07) is 12.8. The Labute approximate surface area is 186 Å². The number of hydrogen-bond acceptors (Lipinski definition) is 8. The summed E-state index contributed by atoms with van der Waals surface area (Å²) < 4.78 is 38.3. The van der Waals surface area contributed by atoms with Crippen molar-refractivity contribution < 1.29 is 17.9 Å². The van der Waals surface area contributed by atoms with Gasteiger partial charge in [0.25, 0.3) is 10.0 Å². The van der Waals surface area contributed by atoms with Crippen LogP contribution in [0.4, 0.5) is 5.82 Å². The van der Waals surface area contributed by atoms with Crippen molar-refractivity contribution in [3.63, 3.8) is 0 Å². The molecule has 4 rings (SSSR count). The third-order valence-electron chi connectivity index (χ3n) is 5.21. The quantitative estimate of drug-likeness (QED) is 0.559. The third kappa shape index (κ3) is 4.36. The molecule has 1 fully saturated rings. The molecule has 3 aromatic rings. The average molecular weight is 461 g/mol. The molecule has 1 aromatic carbocycles. The zero-order valence-electron chi connectivity index (χ0n) is 17.6. The molecule has 0 saturated carbocycles. The summed E-state index contributed by atoms with van der Waals surface area (Å²) >= 11 is 1.31. The van der Waals surface area contributed by atoms with Crippen LogP contribution in [0.5, 0.6) is 11.5 Å². The standard InChI is InChI=1S/C21H24N4O4S2/c1-15-4-9-21(30-15)31(26,27)25-12-10-24(11-13-25)20-8-6-18(22-23-20)17-14-16(28-2)5-7-19(17)29-3/h4-9,14H,10-13H2,1-3H3. The lowest BCUT2D eigenvalue weighted by atomic mass is 10.1. The van der Waals surface area contributed by atoms with Gasteiger partial charge in [-0.05, 0) is 49.4 Å². The maximum atomic E-state index is 12.8. The molecule has 164 valence electrons. The van der Waals surface area contributed by atoms with E-state index in [1.165, 1.54) is 15.6 Å². The average Bonchev–Trinajstić information content (AvgIpc) is 3.26. The predicted molar refractivity (Wildman–Crippen MR) is 121 cm³/mol. The molecule has 0 aliphatic carbocycles. The highest BCUT2D eigenvalue weighted by atomic mass is 32.2. The first-order chi connectivity index (χ1) is 14.9. The van der Waals surface area contributed by atoms with Crippen LogP contribution in [0.25, 0.3) is 11.3 Å². The normalized spacial score (nSPS) is 15.1. The van der Waals surface area contributed by atoms with Crippen LogP contribution in [0.1, 0.15) is 4.88 Å². The lowest BCUT2D eigenvalue weighted by Gasteiger charge is -2.34. The van der Waals surface area contributed by atoms with E-state index in [2.05, 4.69) is 10.2 Å². The number of aromatic nitrogens is 2. The van der Waals surface area contributed by atoms with Crippen molar-refractivity contribution in [1.29, 1.82) is 0 Å². The lowest BCUT2D eigenvalue weighted by molar-refractivity contribution is 0.384. The number of piperazine rings is 1. The molecular formula is C21H24N4O4S2. The fourth-order valence-corrected chi connectivity index (χ4v) is 6.35. The first-order valence-corrected chi connectivity index (χ1v) is 12.1. The molecule has 3 heterocycles. The zero-order valence-corrected chi connectivity index (χ0v) is 19.2. The molecule has 10 heteroatoms. The van der Waals surface area contributed by atoms with E-state index in [0.29, 0.717) is 47.6 Å². The number of thiophene rings is 1. The fraction of sp³-hybridized carbons (Fsp3) is 0.333. The number of nitrogens with zero attached hydrogens (tertiary/aromatic N) is 4. The van der Waals surface area contributed by atoms with Gasteiger partial charge in [0.2, 0.25) is 0 Å². The van der Waals surface area contributed by atoms with Gasteiger partial charge in [0.1, 0.15) is 15.7 Å². The largest absolute Gasteiger partial charge is 0.497 e. The second-order valence-electron chi connectivity index (χ2n) is 7.10. The first kappa shape index (κ1) is 21.5. The molecule has 1 aliphatic rings. The zero-order chi connectivity index (χ0) is 22.0. The van der Waals surface area contributed by atoms with Gasteiger partial charge in [0.15, 0.2) is 5.82 Å². The molecule has 0 radical (unpaired) electrons. The SMILES string of the molecule is COc1ccc(OC)c(-c2ccc(N3CCN(S(=O)(=O)c4ccc(C)s4)CC3)nn2)c1. The number of ether oxygens (including phenoxy) is 2. The maximum Gasteiger partial charge on any atom is 0.252 e. The Morgan fingerprint density at radius 1 is 0.935 bits per heavy atom. The summed E-state index contributed by atoms with van der Waals surface area (Å²) in [7, 11) is -0.220.